The summed E-state index contributed by atoms with van der Waals surface area (Å²) < 4.78 is 15.0. The van der Waals surface area contributed by atoms with Gasteiger partial charge in [0.15, 0.2) is 5.82 Å². The minimum absolute atomic E-state index is 0.143. The zero-order valence-corrected chi connectivity index (χ0v) is 13.0. The molecule has 1 saturated heterocycles. The van der Waals surface area contributed by atoms with Crippen molar-refractivity contribution in [2.75, 3.05) is 18.4 Å². The van der Waals surface area contributed by atoms with E-state index in [0.717, 1.165) is 0 Å². The van der Waals surface area contributed by atoms with Gasteiger partial charge in [-0.1, -0.05) is 6.07 Å². The van der Waals surface area contributed by atoms with E-state index in [-0.39, 0.29) is 23.6 Å². The van der Waals surface area contributed by atoms with Crippen LogP contribution in [0.2, 0.25) is 0 Å². The molecule has 1 unspecified atom stereocenters. The Morgan fingerprint density at radius 3 is 2.88 bits per heavy atom. The Balaban J connectivity index is 1.73. The van der Waals surface area contributed by atoms with Crippen molar-refractivity contribution < 1.29 is 19.1 Å². The van der Waals surface area contributed by atoms with Gasteiger partial charge in [0.2, 0.25) is 0 Å². The summed E-state index contributed by atoms with van der Waals surface area (Å²) in [5.74, 6) is -1.92. The molecule has 0 bridgehead atoms. The quantitative estimate of drug-likeness (QED) is 0.883. The topological polar surface area (TPSA) is 111 Å². The number of aliphatic carboxylic acids is 1. The highest BCUT2D eigenvalue weighted by atomic mass is 19.1. The summed E-state index contributed by atoms with van der Waals surface area (Å²) in [7, 11) is 0. The Labute approximate surface area is 142 Å². The molecule has 1 aliphatic rings. The molecule has 3 rings (SSSR count). The summed E-state index contributed by atoms with van der Waals surface area (Å²) >= 11 is 0. The van der Waals surface area contributed by atoms with Crippen molar-refractivity contribution in [2.24, 2.45) is 5.92 Å². The van der Waals surface area contributed by atoms with Crippen molar-refractivity contribution in [3.05, 3.63) is 41.8 Å². The number of urea groups is 1. The van der Waals surface area contributed by atoms with Crippen LogP contribution in [0.3, 0.4) is 0 Å². The molecule has 0 radical (unpaired) electrons. The molecule has 0 spiro atoms. The third kappa shape index (κ3) is 3.28. The van der Waals surface area contributed by atoms with Gasteiger partial charge in [0.25, 0.3) is 0 Å². The van der Waals surface area contributed by atoms with E-state index in [4.69, 9.17) is 10.4 Å². The van der Waals surface area contributed by atoms with Gasteiger partial charge in [-0.25, -0.2) is 13.9 Å². The van der Waals surface area contributed by atoms with Crippen LogP contribution in [0.4, 0.5) is 15.0 Å². The number of rotatable bonds is 3. The molecular weight excluding hydrogens is 329 g/mol. The van der Waals surface area contributed by atoms with Crippen LogP contribution >= 0.6 is 0 Å². The maximum atomic E-state index is 13.7. The first-order chi connectivity index (χ1) is 12.0. The normalized spacial score (nSPS) is 16.5. The lowest BCUT2D eigenvalue weighted by Crippen LogP contribution is -2.33. The lowest BCUT2D eigenvalue weighted by Gasteiger charge is -2.15. The molecule has 2 amide bonds. The number of carboxylic acid groups (broad SMARTS) is 1. The van der Waals surface area contributed by atoms with Gasteiger partial charge in [-0.05, 0) is 18.6 Å². The van der Waals surface area contributed by atoms with Crippen molar-refractivity contribution in [1.82, 2.24) is 14.7 Å². The summed E-state index contributed by atoms with van der Waals surface area (Å²) in [5, 5.41) is 24.7. The maximum absolute atomic E-state index is 13.7. The fourth-order valence-electron chi connectivity index (χ4n) is 2.67. The van der Waals surface area contributed by atoms with Gasteiger partial charge in [-0.3, -0.25) is 10.1 Å². The molecule has 2 aromatic rings. The van der Waals surface area contributed by atoms with E-state index >= 15 is 0 Å². The van der Waals surface area contributed by atoms with Crippen molar-refractivity contribution in [3.8, 4) is 11.8 Å². The summed E-state index contributed by atoms with van der Waals surface area (Å²) in [6.07, 6.45) is 1.90. The van der Waals surface area contributed by atoms with Crippen molar-refractivity contribution in [3.63, 3.8) is 0 Å². The Kier molecular flexibility index (Phi) is 4.35. The smallest absolute Gasteiger partial charge is 0.323 e. The van der Waals surface area contributed by atoms with E-state index in [1.54, 1.807) is 6.07 Å². The van der Waals surface area contributed by atoms with E-state index in [1.807, 2.05) is 0 Å². The molecular formula is C16H14FN5O3. The molecule has 1 aliphatic heterocycles. The highest BCUT2D eigenvalue weighted by Crippen LogP contribution is 2.20. The first kappa shape index (κ1) is 16.4. The van der Waals surface area contributed by atoms with Gasteiger partial charge in [0.05, 0.1) is 11.6 Å². The largest absolute Gasteiger partial charge is 0.481 e. The van der Waals surface area contributed by atoms with Gasteiger partial charge in [0, 0.05) is 25.4 Å². The van der Waals surface area contributed by atoms with Crippen LogP contribution in [-0.4, -0.2) is 44.9 Å². The monoisotopic (exact) mass is 343 g/mol. The number of hydrogen-bond acceptors (Lipinski definition) is 4. The fourth-order valence-corrected chi connectivity index (χ4v) is 2.67. The second kappa shape index (κ2) is 6.60. The molecule has 128 valence electrons. The van der Waals surface area contributed by atoms with Crippen LogP contribution in [-0.2, 0) is 4.79 Å². The van der Waals surface area contributed by atoms with Crippen molar-refractivity contribution in [2.45, 2.75) is 6.42 Å². The van der Waals surface area contributed by atoms with Gasteiger partial charge < -0.3 is 10.0 Å². The summed E-state index contributed by atoms with van der Waals surface area (Å²) in [6, 6.07) is 7.02. The number of nitriles is 1. The summed E-state index contributed by atoms with van der Waals surface area (Å²) in [5.41, 5.74) is 0.113. The van der Waals surface area contributed by atoms with Gasteiger partial charge >= 0.3 is 12.0 Å². The molecule has 1 atom stereocenters. The average molecular weight is 343 g/mol. The third-order valence-electron chi connectivity index (χ3n) is 4.00. The Hall–Kier alpha value is -3.41. The number of carbonyl (C=O) groups excluding carboxylic acids is 1. The molecule has 9 heteroatoms. The predicted octanol–water partition coefficient (Wildman–Crippen LogP) is 1.82. The average Bonchev–Trinajstić information content (AvgIpc) is 3.24. The Morgan fingerprint density at radius 1 is 1.40 bits per heavy atom. The van der Waals surface area contributed by atoms with Gasteiger partial charge in [0.1, 0.15) is 17.4 Å². The third-order valence-corrected chi connectivity index (χ3v) is 4.00. The fraction of sp³-hybridized carbons (Fsp3) is 0.250. The molecule has 0 aliphatic carbocycles. The van der Waals surface area contributed by atoms with Crippen LogP contribution in [0.5, 0.6) is 0 Å². The highest BCUT2D eigenvalue weighted by molar-refractivity contribution is 5.89. The first-order valence-electron chi connectivity index (χ1n) is 7.53. The van der Waals surface area contributed by atoms with Crippen LogP contribution in [0.1, 0.15) is 12.0 Å². The number of aromatic nitrogens is 2. The predicted molar refractivity (Wildman–Crippen MR) is 84.6 cm³/mol. The van der Waals surface area contributed by atoms with Crippen molar-refractivity contribution in [1.29, 1.82) is 5.26 Å². The van der Waals surface area contributed by atoms with E-state index in [9.17, 15) is 14.0 Å². The molecule has 0 saturated carbocycles. The number of carbonyl (C=O) groups is 2. The standard InChI is InChI=1S/C16H14FN5O3/c17-12-2-1-3-13(11(12)8-18)22-7-5-14(20-22)19-16(25)21-6-4-10(9-21)15(23)24/h1-3,5,7,10H,4,6,9H2,(H,23,24)(H,19,20,25). The molecule has 2 heterocycles. The number of nitrogens with zero attached hydrogens (tertiary/aromatic N) is 4. The lowest BCUT2D eigenvalue weighted by atomic mass is 10.1. The van der Waals surface area contributed by atoms with Crippen LogP contribution in [0, 0.1) is 23.1 Å². The lowest BCUT2D eigenvalue weighted by molar-refractivity contribution is -0.141. The SMILES string of the molecule is N#Cc1c(F)cccc1-n1ccc(NC(=O)N2CCC(C(=O)O)C2)n1. The maximum Gasteiger partial charge on any atom is 0.323 e. The number of halogens is 1. The Bertz CT molecular complexity index is 873. The summed E-state index contributed by atoms with van der Waals surface area (Å²) in [4.78, 5) is 24.5. The van der Waals surface area contributed by atoms with E-state index in [1.165, 1.54) is 40.0 Å². The van der Waals surface area contributed by atoms with Gasteiger partial charge in [-0.15, -0.1) is 5.10 Å². The second-order valence-corrected chi connectivity index (χ2v) is 5.59. The molecule has 8 nitrogen and oxygen atoms in total. The summed E-state index contributed by atoms with van der Waals surface area (Å²) in [6.45, 7) is 0.496. The second-order valence-electron chi connectivity index (χ2n) is 5.59. The van der Waals surface area contributed by atoms with Crippen LogP contribution in [0.25, 0.3) is 5.69 Å². The van der Waals surface area contributed by atoms with Crippen LogP contribution < -0.4 is 5.32 Å². The zero-order valence-electron chi connectivity index (χ0n) is 13.0. The molecule has 1 aromatic carbocycles. The molecule has 25 heavy (non-hydrogen) atoms. The molecule has 1 fully saturated rings. The van der Waals surface area contributed by atoms with Crippen molar-refractivity contribution >= 4 is 17.8 Å². The highest BCUT2D eigenvalue weighted by Gasteiger charge is 2.31. The number of hydrogen-bond donors (Lipinski definition) is 2. The number of likely N-dealkylation sites (tertiary alicyclic amines) is 1. The number of nitrogens with one attached hydrogen (secondary N) is 1. The van der Waals surface area contributed by atoms with E-state index in [0.29, 0.717) is 13.0 Å². The Morgan fingerprint density at radius 2 is 2.20 bits per heavy atom. The first-order valence-corrected chi connectivity index (χ1v) is 7.53. The minimum atomic E-state index is -0.922. The minimum Gasteiger partial charge on any atom is -0.481 e. The number of carboxylic acids is 1. The number of benzene rings is 1. The molecule has 2 N–H and O–H groups in total. The van der Waals surface area contributed by atoms with E-state index < -0.39 is 23.7 Å². The van der Waals surface area contributed by atoms with E-state index in [2.05, 4.69) is 10.4 Å². The van der Waals surface area contributed by atoms with Gasteiger partial charge in [-0.2, -0.15) is 5.26 Å². The number of anilines is 1. The number of amides is 2. The zero-order chi connectivity index (χ0) is 18.0. The molecule has 1 aromatic heterocycles. The van der Waals surface area contributed by atoms with Crippen LogP contribution in [0.15, 0.2) is 30.5 Å².